The molecule has 2 saturated carbocycles. The van der Waals surface area contributed by atoms with Gasteiger partial charge in [-0.15, -0.1) is 0 Å². The van der Waals surface area contributed by atoms with E-state index in [-0.39, 0.29) is 12.0 Å². The van der Waals surface area contributed by atoms with Crippen molar-refractivity contribution in [2.24, 2.45) is 11.8 Å². The van der Waals surface area contributed by atoms with Crippen LogP contribution >= 0.6 is 0 Å². The van der Waals surface area contributed by atoms with Crippen molar-refractivity contribution < 1.29 is 10.2 Å². The second kappa shape index (κ2) is 3.25. The highest BCUT2D eigenvalue weighted by Crippen LogP contribution is 2.45. The Bertz CT molecular complexity index is 193. The van der Waals surface area contributed by atoms with Crippen LogP contribution in [0.1, 0.15) is 45.4 Å². The molecule has 0 heterocycles. The van der Waals surface area contributed by atoms with E-state index in [4.69, 9.17) is 0 Å². The number of fused-ring (bicyclic) bond motifs is 1. The van der Waals surface area contributed by atoms with Crippen LogP contribution in [0.3, 0.4) is 0 Å². The van der Waals surface area contributed by atoms with Crippen LogP contribution in [0.2, 0.25) is 0 Å². The van der Waals surface area contributed by atoms with Crippen molar-refractivity contribution in [1.82, 2.24) is 0 Å². The molecule has 2 N–H and O–H groups in total. The zero-order chi connectivity index (χ0) is 9.47. The lowest BCUT2D eigenvalue weighted by Gasteiger charge is -2.47. The van der Waals surface area contributed by atoms with Crippen molar-refractivity contribution in [2.75, 3.05) is 0 Å². The van der Waals surface area contributed by atoms with E-state index < -0.39 is 5.60 Å². The summed E-state index contributed by atoms with van der Waals surface area (Å²) in [6.45, 7) is 2.05. The van der Waals surface area contributed by atoms with Gasteiger partial charge in [0, 0.05) is 0 Å². The molecule has 13 heavy (non-hydrogen) atoms. The Labute approximate surface area is 80.0 Å². The summed E-state index contributed by atoms with van der Waals surface area (Å²) in [5.74, 6) is 0.645. The molecule has 0 saturated heterocycles. The van der Waals surface area contributed by atoms with Crippen molar-refractivity contribution in [3.63, 3.8) is 0 Å². The topological polar surface area (TPSA) is 40.5 Å². The van der Waals surface area contributed by atoms with E-state index >= 15 is 0 Å². The van der Waals surface area contributed by atoms with Crippen LogP contribution in [0.15, 0.2) is 0 Å². The molecule has 0 aliphatic heterocycles. The Morgan fingerprint density at radius 2 is 2.08 bits per heavy atom. The molecule has 0 radical (unpaired) electrons. The van der Waals surface area contributed by atoms with Crippen LogP contribution in [0.5, 0.6) is 0 Å². The minimum absolute atomic E-state index is 0.177. The van der Waals surface area contributed by atoms with Gasteiger partial charge in [0.15, 0.2) is 0 Å². The highest BCUT2D eigenvalue weighted by molar-refractivity contribution is 4.97. The number of hydrogen-bond acceptors (Lipinski definition) is 2. The standard InChI is InChI=1S/C11H20O2/c1-8-7-11(13)5-3-2-4-9(11)6-10(8)12/h8-10,12-13H,2-7H2,1H3. The van der Waals surface area contributed by atoms with Gasteiger partial charge in [0.25, 0.3) is 0 Å². The summed E-state index contributed by atoms with van der Waals surface area (Å²) in [4.78, 5) is 0. The monoisotopic (exact) mass is 184 g/mol. The molecule has 0 aromatic rings. The summed E-state index contributed by atoms with van der Waals surface area (Å²) >= 11 is 0. The van der Waals surface area contributed by atoms with Crippen molar-refractivity contribution in [2.45, 2.75) is 57.2 Å². The van der Waals surface area contributed by atoms with Crippen LogP contribution in [-0.2, 0) is 0 Å². The first-order valence-electron chi connectivity index (χ1n) is 5.52. The number of rotatable bonds is 0. The van der Waals surface area contributed by atoms with E-state index in [9.17, 15) is 10.2 Å². The van der Waals surface area contributed by atoms with Gasteiger partial charge in [-0.2, -0.15) is 0 Å². The van der Waals surface area contributed by atoms with E-state index in [1.54, 1.807) is 0 Å². The zero-order valence-electron chi connectivity index (χ0n) is 8.37. The Kier molecular flexibility index (Phi) is 2.37. The predicted octanol–water partition coefficient (Wildman–Crippen LogP) is 1.70. The van der Waals surface area contributed by atoms with Crippen molar-refractivity contribution in [1.29, 1.82) is 0 Å². The van der Waals surface area contributed by atoms with Crippen LogP contribution in [-0.4, -0.2) is 21.9 Å². The maximum atomic E-state index is 10.4. The molecule has 76 valence electrons. The molecule has 2 nitrogen and oxygen atoms in total. The average molecular weight is 184 g/mol. The number of aliphatic hydroxyl groups excluding tert-OH is 1. The largest absolute Gasteiger partial charge is 0.393 e. The minimum atomic E-state index is -0.434. The third-order valence-electron chi connectivity index (χ3n) is 4.03. The lowest BCUT2D eigenvalue weighted by molar-refractivity contribution is -0.123. The van der Waals surface area contributed by atoms with Gasteiger partial charge in [-0.25, -0.2) is 0 Å². The fourth-order valence-electron chi connectivity index (χ4n) is 3.12. The van der Waals surface area contributed by atoms with Gasteiger partial charge in [0.2, 0.25) is 0 Å². The second-order valence-corrected chi connectivity index (χ2v) is 5.03. The van der Waals surface area contributed by atoms with E-state index in [0.29, 0.717) is 5.92 Å². The minimum Gasteiger partial charge on any atom is -0.393 e. The van der Waals surface area contributed by atoms with Crippen molar-refractivity contribution >= 4 is 0 Å². The van der Waals surface area contributed by atoms with Crippen LogP contribution < -0.4 is 0 Å². The molecule has 2 heteroatoms. The van der Waals surface area contributed by atoms with E-state index in [0.717, 1.165) is 32.1 Å². The van der Waals surface area contributed by atoms with Gasteiger partial charge >= 0.3 is 0 Å². The summed E-state index contributed by atoms with van der Waals surface area (Å²) in [6, 6.07) is 0. The van der Waals surface area contributed by atoms with Crippen molar-refractivity contribution in [3.8, 4) is 0 Å². The normalized spacial score (nSPS) is 51.5. The first kappa shape index (κ1) is 9.47. The van der Waals surface area contributed by atoms with Gasteiger partial charge in [-0.1, -0.05) is 19.8 Å². The predicted molar refractivity (Wildman–Crippen MR) is 51.3 cm³/mol. The molecule has 0 bridgehead atoms. The van der Waals surface area contributed by atoms with Crippen LogP contribution in [0, 0.1) is 11.8 Å². The summed E-state index contributed by atoms with van der Waals surface area (Å²) < 4.78 is 0. The molecule has 0 amide bonds. The molecule has 0 aromatic heterocycles. The summed E-state index contributed by atoms with van der Waals surface area (Å²) in [5.41, 5.74) is -0.434. The molecular weight excluding hydrogens is 164 g/mol. The third kappa shape index (κ3) is 1.62. The fourth-order valence-corrected chi connectivity index (χ4v) is 3.12. The summed E-state index contributed by atoms with van der Waals surface area (Å²) in [7, 11) is 0. The quantitative estimate of drug-likeness (QED) is 0.601. The van der Waals surface area contributed by atoms with Gasteiger partial charge in [-0.3, -0.25) is 0 Å². The van der Waals surface area contributed by atoms with Crippen LogP contribution in [0.25, 0.3) is 0 Å². The Hall–Kier alpha value is -0.0800. The molecule has 0 aromatic carbocycles. The highest BCUT2D eigenvalue weighted by atomic mass is 16.3. The Balaban J connectivity index is 2.10. The van der Waals surface area contributed by atoms with Gasteiger partial charge in [0.1, 0.15) is 0 Å². The molecular formula is C11H20O2. The van der Waals surface area contributed by atoms with E-state index in [1.807, 2.05) is 6.92 Å². The molecule has 2 rings (SSSR count). The summed E-state index contributed by atoms with van der Waals surface area (Å²) in [6.07, 6.45) is 5.90. The first-order valence-corrected chi connectivity index (χ1v) is 5.52. The van der Waals surface area contributed by atoms with Crippen molar-refractivity contribution in [3.05, 3.63) is 0 Å². The molecule has 2 aliphatic carbocycles. The Morgan fingerprint density at radius 1 is 1.31 bits per heavy atom. The highest BCUT2D eigenvalue weighted by Gasteiger charge is 2.45. The molecule has 0 spiro atoms. The fraction of sp³-hybridized carbons (Fsp3) is 1.00. The third-order valence-corrected chi connectivity index (χ3v) is 4.03. The maximum Gasteiger partial charge on any atom is 0.0680 e. The zero-order valence-corrected chi connectivity index (χ0v) is 8.37. The lowest BCUT2D eigenvalue weighted by Crippen LogP contribution is -2.49. The van der Waals surface area contributed by atoms with Gasteiger partial charge in [-0.05, 0) is 37.5 Å². The molecule has 2 fully saturated rings. The molecule has 4 unspecified atom stereocenters. The Morgan fingerprint density at radius 3 is 2.85 bits per heavy atom. The molecule has 4 atom stereocenters. The number of aliphatic hydroxyl groups is 2. The SMILES string of the molecule is CC1CC2(O)CCCCC2CC1O. The van der Waals surface area contributed by atoms with E-state index in [1.165, 1.54) is 6.42 Å². The smallest absolute Gasteiger partial charge is 0.0680 e. The molecule has 2 aliphatic rings. The second-order valence-electron chi connectivity index (χ2n) is 5.03. The maximum absolute atomic E-state index is 10.4. The number of hydrogen-bond donors (Lipinski definition) is 2. The van der Waals surface area contributed by atoms with Crippen LogP contribution in [0.4, 0.5) is 0 Å². The average Bonchev–Trinajstić information content (AvgIpc) is 2.07. The van der Waals surface area contributed by atoms with E-state index in [2.05, 4.69) is 0 Å². The van der Waals surface area contributed by atoms with Gasteiger partial charge in [0.05, 0.1) is 11.7 Å². The first-order chi connectivity index (χ1) is 6.12. The lowest BCUT2D eigenvalue weighted by atomic mass is 9.64. The van der Waals surface area contributed by atoms with Gasteiger partial charge < -0.3 is 10.2 Å². The summed E-state index contributed by atoms with van der Waals surface area (Å²) in [5, 5.41) is 20.1.